The largest absolute Gasteiger partial charge is 0.389 e. The molecule has 0 radical (unpaired) electrons. The molecule has 19 heavy (non-hydrogen) atoms. The van der Waals surface area contributed by atoms with Gasteiger partial charge in [0.2, 0.25) is 0 Å². The predicted octanol–water partition coefficient (Wildman–Crippen LogP) is 3.54. The highest BCUT2D eigenvalue weighted by Gasteiger charge is 2.65. The van der Waals surface area contributed by atoms with Gasteiger partial charge in [-0.15, -0.1) is 0 Å². The molecule has 1 aromatic carbocycles. The predicted molar refractivity (Wildman–Crippen MR) is 85.3 cm³/mol. The van der Waals surface area contributed by atoms with Crippen LogP contribution in [-0.2, 0) is 0 Å². The summed E-state index contributed by atoms with van der Waals surface area (Å²) in [4.78, 5) is 0.470. The molecule has 0 amide bonds. The van der Waals surface area contributed by atoms with Crippen molar-refractivity contribution >= 4 is 38.8 Å². The first kappa shape index (κ1) is 12.2. The standard InChI is InChI=1S/C15H17BrN2S/c16-9-3-4-11(10(6-9)15(17)19)18-14-12-7-1-2-8(5-7)13(12)14/h3-4,6-8,12-14,18H,1-2,5H2,(H2,17,19). The summed E-state index contributed by atoms with van der Waals surface area (Å²) in [5.41, 5.74) is 7.90. The lowest BCUT2D eigenvalue weighted by Gasteiger charge is -2.15. The van der Waals surface area contributed by atoms with Crippen LogP contribution in [0.4, 0.5) is 5.69 Å². The van der Waals surface area contributed by atoms with E-state index < -0.39 is 0 Å². The summed E-state index contributed by atoms with van der Waals surface area (Å²) in [6, 6.07) is 6.82. The molecule has 4 unspecified atom stereocenters. The zero-order chi connectivity index (χ0) is 13.1. The number of fused-ring (bicyclic) bond motifs is 5. The molecule has 4 atom stereocenters. The van der Waals surface area contributed by atoms with E-state index in [1.807, 2.05) is 6.07 Å². The first-order valence-corrected chi connectivity index (χ1v) is 8.21. The Kier molecular flexibility index (Phi) is 2.68. The van der Waals surface area contributed by atoms with Gasteiger partial charge >= 0.3 is 0 Å². The lowest BCUT2D eigenvalue weighted by molar-refractivity contribution is 0.456. The third kappa shape index (κ3) is 1.83. The maximum Gasteiger partial charge on any atom is 0.106 e. The van der Waals surface area contributed by atoms with Gasteiger partial charge in [0.25, 0.3) is 0 Å². The van der Waals surface area contributed by atoms with E-state index in [2.05, 4.69) is 33.4 Å². The zero-order valence-electron chi connectivity index (χ0n) is 10.6. The Balaban J connectivity index is 1.57. The second-order valence-electron chi connectivity index (χ2n) is 6.21. The minimum Gasteiger partial charge on any atom is -0.389 e. The highest BCUT2D eigenvalue weighted by atomic mass is 79.9. The van der Waals surface area contributed by atoms with E-state index in [1.54, 1.807) is 0 Å². The molecule has 0 heterocycles. The number of hydrogen-bond donors (Lipinski definition) is 2. The molecule has 100 valence electrons. The Morgan fingerprint density at radius 3 is 2.58 bits per heavy atom. The van der Waals surface area contributed by atoms with Crippen molar-refractivity contribution in [3.8, 4) is 0 Å². The molecule has 2 nitrogen and oxygen atoms in total. The number of anilines is 1. The van der Waals surface area contributed by atoms with Gasteiger partial charge in [0.05, 0.1) is 0 Å². The van der Waals surface area contributed by atoms with E-state index in [9.17, 15) is 0 Å². The third-order valence-corrected chi connectivity index (χ3v) is 6.02. The molecule has 3 aliphatic rings. The summed E-state index contributed by atoms with van der Waals surface area (Å²) in [6.07, 6.45) is 4.38. The van der Waals surface area contributed by atoms with Crippen LogP contribution < -0.4 is 11.1 Å². The van der Waals surface area contributed by atoms with Crippen LogP contribution in [0.5, 0.6) is 0 Å². The van der Waals surface area contributed by atoms with Gasteiger partial charge < -0.3 is 11.1 Å². The maximum absolute atomic E-state index is 5.83. The van der Waals surface area contributed by atoms with Crippen molar-refractivity contribution in [2.75, 3.05) is 5.32 Å². The van der Waals surface area contributed by atoms with Gasteiger partial charge in [0, 0.05) is 21.8 Å². The molecule has 3 saturated carbocycles. The van der Waals surface area contributed by atoms with Crippen LogP contribution in [-0.4, -0.2) is 11.0 Å². The molecule has 0 spiro atoms. The summed E-state index contributed by atoms with van der Waals surface area (Å²) in [6.45, 7) is 0. The summed E-state index contributed by atoms with van der Waals surface area (Å²) < 4.78 is 1.02. The first-order valence-electron chi connectivity index (χ1n) is 7.01. The summed E-state index contributed by atoms with van der Waals surface area (Å²) >= 11 is 8.64. The Labute approximate surface area is 127 Å². The Morgan fingerprint density at radius 2 is 1.95 bits per heavy atom. The van der Waals surface area contributed by atoms with Crippen LogP contribution in [0.3, 0.4) is 0 Å². The molecule has 3 N–H and O–H groups in total. The highest BCUT2D eigenvalue weighted by molar-refractivity contribution is 9.10. The summed E-state index contributed by atoms with van der Waals surface area (Å²) in [5, 5.41) is 3.71. The zero-order valence-corrected chi connectivity index (χ0v) is 13.0. The van der Waals surface area contributed by atoms with Gasteiger partial charge in [0.15, 0.2) is 0 Å². The molecule has 4 heteroatoms. The number of hydrogen-bond acceptors (Lipinski definition) is 2. The minimum atomic E-state index is 0.470. The van der Waals surface area contributed by atoms with Crippen LogP contribution >= 0.6 is 28.1 Å². The van der Waals surface area contributed by atoms with Gasteiger partial charge in [-0.2, -0.15) is 0 Å². The second kappa shape index (κ2) is 4.19. The lowest BCUT2D eigenvalue weighted by Crippen LogP contribution is -2.17. The molecule has 2 bridgehead atoms. The monoisotopic (exact) mass is 336 g/mol. The average Bonchev–Trinajstić information content (AvgIpc) is 2.79. The van der Waals surface area contributed by atoms with Crippen molar-refractivity contribution in [3.05, 3.63) is 28.2 Å². The van der Waals surface area contributed by atoms with E-state index >= 15 is 0 Å². The number of benzene rings is 1. The van der Waals surface area contributed by atoms with Crippen molar-refractivity contribution in [3.63, 3.8) is 0 Å². The number of rotatable bonds is 3. The number of nitrogens with two attached hydrogens (primary N) is 1. The van der Waals surface area contributed by atoms with Crippen LogP contribution in [0, 0.1) is 23.7 Å². The topological polar surface area (TPSA) is 38.0 Å². The molecule has 0 aromatic heterocycles. The highest BCUT2D eigenvalue weighted by Crippen LogP contribution is 2.66. The van der Waals surface area contributed by atoms with Crippen LogP contribution in [0.25, 0.3) is 0 Å². The number of thiocarbonyl (C=S) groups is 1. The number of nitrogens with one attached hydrogen (secondary N) is 1. The van der Waals surface area contributed by atoms with Crippen molar-refractivity contribution < 1.29 is 0 Å². The minimum absolute atomic E-state index is 0.470. The first-order chi connectivity index (χ1) is 9.15. The third-order valence-electron chi connectivity index (χ3n) is 5.30. The number of halogens is 1. The van der Waals surface area contributed by atoms with Crippen molar-refractivity contribution in [2.45, 2.75) is 25.3 Å². The van der Waals surface area contributed by atoms with Crippen molar-refractivity contribution in [1.29, 1.82) is 0 Å². The van der Waals surface area contributed by atoms with Gasteiger partial charge in [-0.3, -0.25) is 0 Å². The lowest BCUT2D eigenvalue weighted by atomic mass is 10.0. The fraction of sp³-hybridized carbons (Fsp3) is 0.533. The fourth-order valence-corrected chi connectivity index (χ4v) is 5.07. The average molecular weight is 337 g/mol. The Morgan fingerprint density at radius 1 is 1.26 bits per heavy atom. The SMILES string of the molecule is NC(=S)c1cc(Br)ccc1NC1C2C3CCC(C3)C12. The van der Waals surface area contributed by atoms with Crippen molar-refractivity contribution in [1.82, 2.24) is 0 Å². The maximum atomic E-state index is 5.83. The van der Waals surface area contributed by atoms with Gasteiger partial charge in [0.1, 0.15) is 4.99 Å². The molecule has 3 aliphatic carbocycles. The van der Waals surface area contributed by atoms with Crippen LogP contribution in [0.15, 0.2) is 22.7 Å². The molecule has 0 saturated heterocycles. The molecule has 3 fully saturated rings. The van der Waals surface area contributed by atoms with Crippen LogP contribution in [0.1, 0.15) is 24.8 Å². The molecule has 0 aliphatic heterocycles. The van der Waals surface area contributed by atoms with E-state index in [1.165, 1.54) is 19.3 Å². The van der Waals surface area contributed by atoms with Crippen LogP contribution in [0.2, 0.25) is 0 Å². The van der Waals surface area contributed by atoms with E-state index in [-0.39, 0.29) is 0 Å². The van der Waals surface area contributed by atoms with Gasteiger partial charge in [-0.25, -0.2) is 0 Å². The van der Waals surface area contributed by atoms with Crippen molar-refractivity contribution in [2.24, 2.45) is 29.4 Å². The van der Waals surface area contributed by atoms with E-state index in [0.29, 0.717) is 11.0 Å². The summed E-state index contributed by atoms with van der Waals surface area (Å²) in [5.74, 6) is 3.80. The molecule has 4 rings (SSSR count). The van der Waals surface area contributed by atoms with Gasteiger partial charge in [-0.1, -0.05) is 28.1 Å². The van der Waals surface area contributed by atoms with E-state index in [4.69, 9.17) is 18.0 Å². The van der Waals surface area contributed by atoms with E-state index in [0.717, 1.165) is 39.4 Å². The normalized spacial score (nSPS) is 38.1. The molecular weight excluding hydrogens is 320 g/mol. The molecule has 1 aromatic rings. The Hall–Kier alpha value is -0.610. The second-order valence-corrected chi connectivity index (χ2v) is 7.57. The Bertz CT molecular complexity index is 543. The fourth-order valence-electron chi connectivity index (χ4n) is 4.54. The summed E-state index contributed by atoms with van der Waals surface area (Å²) in [7, 11) is 0. The quantitative estimate of drug-likeness (QED) is 0.829. The van der Waals surface area contributed by atoms with Gasteiger partial charge in [-0.05, 0) is 61.1 Å². The smallest absolute Gasteiger partial charge is 0.106 e. The molecular formula is C15H17BrN2S.